The van der Waals surface area contributed by atoms with Gasteiger partial charge in [0.2, 0.25) is 5.88 Å². The molecule has 0 fully saturated rings. The van der Waals surface area contributed by atoms with E-state index in [2.05, 4.69) is 11.1 Å². The lowest BCUT2D eigenvalue weighted by Crippen LogP contribution is -2.08. The van der Waals surface area contributed by atoms with Gasteiger partial charge in [0.15, 0.2) is 0 Å². The highest BCUT2D eigenvalue weighted by molar-refractivity contribution is 5.80. The van der Waals surface area contributed by atoms with Gasteiger partial charge in [0.25, 0.3) is 0 Å². The second kappa shape index (κ2) is 5.99. The number of rotatable bonds is 5. The summed E-state index contributed by atoms with van der Waals surface area (Å²) in [6.45, 7) is 3.47. The number of ether oxygens (including phenoxy) is 2. The highest BCUT2D eigenvalue weighted by atomic mass is 16.5. The van der Waals surface area contributed by atoms with E-state index in [-0.39, 0.29) is 0 Å². The minimum atomic E-state index is 0.371. The maximum Gasteiger partial charge on any atom is 0.232 e. The van der Waals surface area contributed by atoms with Gasteiger partial charge in [0.05, 0.1) is 12.1 Å². The van der Waals surface area contributed by atoms with Crippen LogP contribution in [0.1, 0.15) is 12.5 Å². The minimum absolute atomic E-state index is 0.371. The highest BCUT2D eigenvalue weighted by Gasteiger charge is 2.07. The Morgan fingerprint density at radius 3 is 2.89 bits per heavy atom. The number of hydrogen-bond donors (Lipinski definition) is 0. The molecule has 2 aromatic rings. The van der Waals surface area contributed by atoms with Crippen LogP contribution < -0.4 is 4.74 Å². The lowest BCUT2D eigenvalue weighted by atomic mass is 10.1. The molecule has 0 aliphatic carbocycles. The van der Waals surface area contributed by atoms with Crippen molar-refractivity contribution in [3.63, 3.8) is 0 Å². The van der Waals surface area contributed by atoms with Crippen LogP contribution in [0, 0.1) is 11.3 Å². The first-order valence-electron chi connectivity index (χ1n) is 5.85. The van der Waals surface area contributed by atoms with E-state index in [0.29, 0.717) is 31.3 Å². The topological polar surface area (TPSA) is 55.1 Å². The molecule has 1 heterocycles. The van der Waals surface area contributed by atoms with Crippen molar-refractivity contribution in [2.75, 3.05) is 19.8 Å². The summed E-state index contributed by atoms with van der Waals surface area (Å²) in [5, 5.41) is 10.0. The van der Waals surface area contributed by atoms with Gasteiger partial charge >= 0.3 is 0 Å². The van der Waals surface area contributed by atoms with E-state index in [1.165, 1.54) is 0 Å². The molecular weight excluding hydrogens is 228 g/mol. The first-order chi connectivity index (χ1) is 8.85. The molecule has 18 heavy (non-hydrogen) atoms. The van der Waals surface area contributed by atoms with Crippen LogP contribution in [-0.2, 0) is 4.74 Å². The zero-order chi connectivity index (χ0) is 12.8. The van der Waals surface area contributed by atoms with Gasteiger partial charge in [-0.1, -0.05) is 18.2 Å². The quantitative estimate of drug-likeness (QED) is 0.756. The zero-order valence-corrected chi connectivity index (χ0v) is 10.2. The molecule has 92 valence electrons. The fourth-order valence-electron chi connectivity index (χ4n) is 1.63. The molecular formula is C14H14N2O2. The molecule has 0 atom stereocenters. The summed E-state index contributed by atoms with van der Waals surface area (Å²) in [5.41, 5.74) is 1.27. The highest BCUT2D eigenvalue weighted by Crippen LogP contribution is 2.21. The SMILES string of the molecule is CCOCCOc1nc2ccccc2cc1C#N. The third kappa shape index (κ3) is 2.76. The minimum Gasteiger partial charge on any atom is -0.474 e. The van der Waals surface area contributed by atoms with Crippen molar-refractivity contribution in [1.29, 1.82) is 5.26 Å². The van der Waals surface area contributed by atoms with Gasteiger partial charge in [-0.25, -0.2) is 4.98 Å². The Kier molecular flexibility index (Phi) is 4.11. The summed E-state index contributed by atoms with van der Waals surface area (Å²) in [7, 11) is 0. The van der Waals surface area contributed by atoms with Crippen LogP contribution in [0.4, 0.5) is 0 Å². The Morgan fingerprint density at radius 2 is 2.11 bits per heavy atom. The summed E-state index contributed by atoms with van der Waals surface area (Å²) in [6.07, 6.45) is 0. The van der Waals surface area contributed by atoms with Crippen molar-refractivity contribution in [1.82, 2.24) is 4.98 Å². The normalized spacial score (nSPS) is 10.2. The van der Waals surface area contributed by atoms with Crippen LogP contribution >= 0.6 is 0 Å². The molecule has 0 saturated carbocycles. The van der Waals surface area contributed by atoms with Gasteiger partial charge in [-0.05, 0) is 19.1 Å². The molecule has 1 aromatic heterocycles. The van der Waals surface area contributed by atoms with Crippen LogP contribution in [0.25, 0.3) is 10.9 Å². The molecule has 1 aromatic carbocycles. The molecule has 0 unspecified atom stereocenters. The smallest absolute Gasteiger partial charge is 0.232 e. The number of para-hydroxylation sites is 1. The van der Waals surface area contributed by atoms with E-state index in [1.807, 2.05) is 31.2 Å². The number of nitriles is 1. The van der Waals surface area contributed by atoms with E-state index in [0.717, 1.165) is 10.9 Å². The molecule has 0 saturated heterocycles. The third-order valence-corrected chi connectivity index (χ3v) is 2.48. The van der Waals surface area contributed by atoms with Crippen LogP contribution in [0.3, 0.4) is 0 Å². The maximum absolute atomic E-state index is 9.08. The molecule has 0 aliphatic rings. The Hall–Kier alpha value is -2.12. The second-order valence-electron chi connectivity index (χ2n) is 3.69. The molecule has 0 amide bonds. The van der Waals surface area contributed by atoms with E-state index in [4.69, 9.17) is 14.7 Å². The van der Waals surface area contributed by atoms with E-state index < -0.39 is 0 Å². The van der Waals surface area contributed by atoms with E-state index in [1.54, 1.807) is 6.07 Å². The van der Waals surface area contributed by atoms with Crippen LogP contribution in [-0.4, -0.2) is 24.8 Å². The standard InChI is InChI=1S/C14H14N2O2/c1-2-17-7-8-18-14-12(10-15)9-11-5-3-4-6-13(11)16-14/h3-6,9H,2,7-8H2,1H3. The summed E-state index contributed by atoms with van der Waals surface area (Å²) in [4.78, 5) is 4.34. The molecule has 0 spiro atoms. The van der Waals surface area contributed by atoms with Gasteiger partial charge in [-0.2, -0.15) is 5.26 Å². The fourth-order valence-corrected chi connectivity index (χ4v) is 1.63. The van der Waals surface area contributed by atoms with Gasteiger partial charge in [-0.15, -0.1) is 0 Å². The molecule has 2 rings (SSSR count). The lowest BCUT2D eigenvalue weighted by molar-refractivity contribution is 0.108. The Labute approximate surface area is 106 Å². The number of hydrogen-bond acceptors (Lipinski definition) is 4. The van der Waals surface area contributed by atoms with Crippen molar-refractivity contribution < 1.29 is 9.47 Å². The first kappa shape index (κ1) is 12.3. The average Bonchev–Trinajstić information content (AvgIpc) is 2.42. The molecule has 0 N–H and O–H groups in total. The van der Waals surface area contributed by atoms with Crippen LogP contribution in [0.2, 0.25) is 0 Å². The van der Waals surface area contributed by atoms with Gasteiger partial charge in [0, 0.05) is 12.0 Å². The third-order valence-electron chi connectivity index (χ3n) is 2.48. The van der Waals surface area contributed by atoms with E-state index in [9.17, 15) is 0 Å². The fraction of sp³-hybridized carbons (Fsp3) is 0.286. The van der Waals surface area contributed by atoms with E-state index >= 15 is 0 Å². The monoisotopic (exact) mass is 242 g/mol. The van der Waals surface area contributed by atoms with Crippen molar-refractivity contribution in [2.24, 2.45) is 0 Å². The van der Waals surface area contributed by atoms with Crippen molar-refractivity contribution in [3.05, 3.63) is 35.9 Å². The van der Waals surface area contributed by atoms with Gasteiger partial charge < -0.3 is 9.47 Å². The molecule has 0 radical (unpaired) electrons. The van der Waals surface area contributed by atoms with Gasteiger partial charge in [-0.3, -0.25) is 0 Å². The van der Waals surface area contributed by atoms with Crippen LogP contribution in [0.15, 0.2) is 30.3 Å². The Morgan fingerprint density at radius 1 is 1.28 bits per heavy atom. The van der Waals surface area contributed by atoms with Crippen molar-refractivity contribution >= 4 is 10.9 Å². The number of benzene rings is 1. The number of aromatic nitrogens is 1. The predicted octanol–water partition coefficient (Wildman–Crippen LogP) is 2.52. The Balaban J connectivity index is 2.23. The Bertz CT molecular complexity index is 576. The van der Waals surface area contributed by atoms with Crippen molar-refractivity contribution in [2.45, 2.75) is 6.92 Å². The lowest BCUT2D eigenvalue weighted by Gasteiger charge is -2.08. The largest absolute Gasteiger partial charge is 0.474 e. The van der Waals surface area contributed by atoms with Crippen molar-refractivity contribution in [3.8, 4) is 11.9 Å². The molecule has 0 aliphatic heterocycles. The zero-order valence-electron chi connectivity index (χ0n) is 10.2. The number of fused-ring (bicyclic) bond motifs is 1. The average molecular weight is 242 g/mol. The summed E-state index contributed by atoms with van der Waals surface area (Å²) in [6, 6.07) is 11.5. The second-order valence-corrected chi connectivity index (χ2v) is 3.69. The summed E-state index contributed by atoms with van der Waals surface area (Å²) < 4.78 is 10.7. The maximum atomic E-state index is 9.08. The molecule has 0 bridgehead atoms. The summed E-state index contributed by atoms with van der Waals surface area (Å²) >= 11 is 0. The number of nitrogens with zero attached hydrogens (tertiary/aromatic N) is 2. The molecule has 4 nitrogen and oxygen atoms in total. The number of pyridine rings is 1. The van der Waals surface area contributed by atoms with Gasteiger partial charge in [0.1, 0.15) is 18.2 Å². The first-order valence-corrected chi connectivity index (χ1v) is 5.85. The van der Waals surface area contributed by atoms with Crippen LogP contribution in [0.5, 0.6) is 5.88 Å². The summed E-state index contributed by atoms with van der Waals surface area (Å²) in [5.74, 6) is 0.371. The predicted molar refractivity (Wildman–Crippen MR) is 68.4 cm³/mol. The molecule has 4 heteroatoms.